The van der Waals surface area contributed by atoms with Gasteiger partial charge in [0.2, 0.25) is 5.71 Å². The highest BCUT2D eigenvalue weighted by Crippen LogP contribution is 2.42. The van der Waals surface area contributed by atoms with Gasteiger partial charge in [0.25, 0.3) is 0 Å². The van der Waals surface area contributed by atoms with E-state index in [0.29, 0.717) is 0 Å². The number of hydrogen-bond acceptors (Lipinski definition) is 2. The topological polar surface area (TPSA) is 46.3 Å². The van der Waals surface area contributed by atoms with E-state index >= 15 is 0 Å². The van der Waals surface area contributed by atoms with Crippen molar-refractivity contribution >= 4 is 5.71 Å². The van der Waals surface area contributed by atoms with Crippen molar-refractivity contribution in [2.45, 2.75) is 37.8 Å². The molecule has 3 rings (SSSR count). The number of rotatable bonds is 1. The highest BCUT2D eigenvalue weighted by molar-refractivity contribution is 6.00. The van der Waals surface area contributed by atoms with Crippen molar-refractivity contribution in [2.75, 3.05) is 0 Å². The Hall–Kier alpha value is -1.35. The average molecular weight is 231 g/mol. The van der Waals surface area contributed by atoms with E-state index in [-0.39, 0.29) is 5.92 Å². The van der Waals surface area contributed by atoms with Crippen molar-refractivity contribution in [1.82, 2.24) is 0 Å². The molecule has 1 aromatic rings. The fourth-order valence-electron chi connectivity index (χ4n) is 3.29. The number of nitrogens with zero attached hydrogens (tertiary/aromatic N) is 1. The van der Waals surface area contributed by atoms with Crippen molar-refractivity contribution in [2.24, 2.45) is 5.92 Å². The normalized spacial score (nSPS) is 36.4. The minimum atomic E-state index is -0.617. The van der Waals surface area contributed by atoms with E-state index in [2.05, 4.69) is 0 Å². The lowest BCUT2D eigenvalue weighted by molar-refractivity contribution is -0.548. The van der Waals surface area contributed by atoms with Crippen LogP contribution in [0.1, 0.15) is 31.7 Å². The van der Waals surface area contributed by atoms with Gasteiger partial charge in [-0.25, -0.2) is 4.74 Å². The van der Waals surface area contributed by atoms with Crippen LogP contribution in [0, 0.1) is 11.1 Å². The summed E-state index contributed by atoms with van der Waals surface area (Å²) in [6.07, 6.45) is 2.20. The first-order chi connectivity index (χ1) is 8.14. The molecule has 1 heterocycles. The van der Waals surface area contributed by atoms with Crippen LogP contribution in [0.4, 0.5) is 0 Å². The van der Waals surface area contributed by atoms with Gasteiger partial charge < -0.3 is 10.3 Å². The lowest BCUT2D eigenvalue weighted by atomic mass is 9.76. The van der Waals surface area contributed by atoms with Crippen LogP contribution < -0.4 is 0 Å². The molecule has 0 spiro atoms. The van der Waals surface area contributed by atoms with Gasteiger partial charge in [0.1, 0.15) is 6.10 Å². The summed E-state index contributed by atoms with van der Waals surface area (Å²) in [7, 11) is 0. The molecule has 3 atom stereocenters. The molecule has 1 aromatic carbocycles. The molecule has 17 heavy (non-hydrogen) atoms. The van der Waals surface area contributed by atoms with Gasteiger partial charge in [0.05, 0.1) is 5.92 Å². The monoisotopic (exact) mass is 231 g/mol. The van der Waals surface area contributed by atoms with Crippen LogP contribution in [0.3, 0.4) is 0 Å². The quantitative estimate of drug-likeness (QED) is 0.593. The Bertz CT molecular complexity index is 468. The summed E-state index contributed by atoms with van der Waals surface area (Å²) < 4.78 is 1.07. The molecule has 3 heteroatoms. The smallest absolute Gasteiger partial charge is 0.200 e. The van der Waals surface area contributed by atoms with Crippen molar-refractivity contribution in [3.8, 4) is 0 Å². The van der Waals surface area contributed by atoms with E-state index in [4.69, 9.17) is 0 Å². The van der Waals surface area contributed by atoms with Crippen LogP contribution in [0.25, 0.3) is 0 Å². The van der Waals surface area contributed by atoms with Crippen LogP contribution in [0.2, 0.25) is 0 Å². The van der Waals surface area contributed by atoms with Crippen LogP contribution in [0.5, 0.6) is 0 Å². The third-order valence-electron chi connectivity index (χ3n) is 4.32. The molecule has 3 nitrogen and oxygen atoms in total. The number of aliphatic hydroxyl groups excluding tert-OH is 1. The second kappa shape index (κ2) is 3.57. The maximum Gasteiger partial charge on any atom is 0.200 e. The molecule has 90 valence electrons. The summed E-state index contributed by atoms with van der Waals surface area (Å²) in [6.45, 7) is 1.88. The Kier molecular flexibility index (Phi) is 2.26. The standard InChI is InChI=1S/C14H17NO2/c1-14-9-5-8-11(13(14)16)12(15(14)17)10-6-3-2-4-7-10/h2-4,6-7,11,13,16H,5,8-9H2,1H3. The van der Waals surface area contributed by atoms with Gasteiger partial charge >= 0.3 is 0 Å². The van der Waals surface area contributed by atoms with Crippen molar-refractivity contribution in [3.63, 3.8) is 0 Å². The predicted octanol–water partition coefficient (Wildman–Crippen LogP) is 1.92. The predicted molar refractivity (Wildman–Crippen MR) is 65.9 cm³/mol. The van der Waals surface area contributed by atoms with Crippen LogP contribution >= 0.6 is 0 Å². The van der Waals surface area contributed by atoms with Crippen LogP contribution in [-0.4, -0.2) is 27.2 Å². The summed E-state index contributed by atoms with van der Waals surface area (Å²) in [6, 6.07) is 9.73. The Balaban J connectivity index is 2.14. The number of benzene rings is 1. The van der Waals surface area contributed by atoms with E-state index in [1.807, 2.05) is 37.3 Å². The summed E-state index contributed by atoms with van der Waals surface area (Å²) in [5.41, 5.74) is 1.11. The number of hydroxylamine groups is 1. The fourth-order valence-corrected chi connectivity index (χ4v) is 3.29. The molecule has 0 radical (unpaired) electrons. The number of fused-ring (bicyclic) bond motifs is 2. The zero-order valence-corrected chi connectivity index (χ0v) is 9.97. The Morgan fingerprint density at radius 3 is 2.71 bits per heavy atom. The molecule has 2 bridgehead atoms. The lowest BCUT2D eigenvalue weighted by Crippen LogP contribution is -2.46. The second-order valence-electron chi connectivity index (χ2n) is 5.35. The van der Waals surface area contributed by atoms with Gasteiger partial charge in [-0.2, -0.15) is 0 Å². The van der Waals surface area contributed by atoms with Gasteiger partial charge in [-0.3, -0.25) is 0 Å². The maximum atomic E-state index is 12.4. The molecular weight excluding hydrogens is 214 g/mol. The number of aliphatic hydroxyl groups is 1. The molecule has 0 aromatic heterocycles. The molecule has 1 aliphatic carbocycles. The van der Waals surface area contributed by atoms with E-state index in [9.17, 15) is 10.3 Å². The molecule has 1 saturated carbocycles. The van der Waals surface area contributed by atoms with Gasteiger partial charge in [-0.1, -0.05) is 18.2 Å². The minimum Gasteiger partial charge on any atom is -0.623 e. The Morgan fingerprint density at radius 1 is 1.35 bits per heavy atom. The SMILES string of the molecule is CC12CCCC(C(c3ccccc3)=[N+]1[O-])C2O. The summed E-state index contributed by atoms with van der Waals surface area (Å²) in [5.74, 6) is 0.00801. The zero-order valence-electron chi connectivity index (χ0n) is 9.97. The first-order valence-corrected chi connectivity index (χ1v) is 6.22. The second-order valence-corrected chi connectivity index (χ2v) is 5.35. The Morgan fingerprint density at radius 2 is 2.06 bits per heavy atom. The highest BCUT2D eigenvalue weighted by Gasteiger charge is 2.58. The first kappa shape index (κ1) is 10.8. The average Bonchev–Trinajstić information content (AvgIpc) is 2.47. The molecule has 2 aliphatic rings. The molecule has 0 amide bonds. The third-order valence-corrected chi connectivity index (χ3v) is 4.32. The van der Waals surface area contributed by atoms with Gasteiger partial charge in [-0.15, -0.1) is 0 Å². The maximum absolute atomic E-state index is 12.4. The van der Waals surface area contributed by atoms with Crippen molar-refractivity contribution in [3.05, 3.63) is 41.1 Å². The third kappa shape index (κ3) is 1.35. The van der Waals surface area contributed by atoms with Gasteiger partial charge in [0, 0.05) is 18.9 Å². The molecule has 1 N–H and O–H groups in total. The van der Waals surface area contributed by atoms with E-state index in [1.54, 1.807) is 0 Å². The van der Waals surface area contributed by atoms with E-state index < -0.39 is 11.6 Å². The zero-order chi connectivity index (χ0) is 12.0. The van der Waals surface area contributed by atoms with Crippen molar-refractivity contribution in [1.29, 1.82) is 0 Å². The number of hydrogen-bond donors (Lipinski definition) is 1. The minimum absolute atomic E-state index is 0.00801. The molecule has 1 aliphatic heterocycles. The first-order valence-electron chi connectivity index (χ1n) is 6.22. The largest absolute Gasteiger partial charge is 0.623 e. The van der Waals surface area contributed by atoms with Crippen molar-refractivity contribution < 1.29 is 9.85 Å². The molecule has 3 unspecified atom stereocenters. The fraction of sp³-hybridized carbons (Fsp3) is 0.500. The summed E-state index contributed by atoms with van der Waals surface area (Å²) >= 11 is 0. The lowest BCUT2D eigenvalue weighted by Gasteiger charge is -2.31. The van der Waals surface area contributed by atoms with Gasteiger partial charge in [0.15, 0.2) is 5.54 Å². The summed E-state index contributed by atoms with van der Waals surface area (Å²) in [5, 5.41) is 22.7. The van der Waals surface area contributed by atoms with Crippen LogP contribution in [0.15, 0.2) is 30.3 Å². The van der Waals surface area contributed by atoms with E-state index in [0.717, 1.165) is 35.3 Å². The van der Waals surface area contributed by atoms with Gasteiger partial charge in [-0.05, 0) is 25.0 Å². The molecule has 0 saturated heterocycles. The molecule has 1 fully saturated rings. The van der Waals surface area contributed by atoms with E-state index in [1.165, 1.54) is 0 Å². The summed E-state index contributed by atoms with van der Waals surface area (Å²) in [4.78, 5) is 0. The highest BCUT2D eigenvalue weighted by atomic mass is 16.5. The Labute approximate surface area is 101 Å². The van der Waals surface area contributed by atoms with Crippen LogP contribution in [-0.2, 0) is 0 Å². The molecular formula is C14H17NO2.